The zero-order chi connectivity index (χ0) is 23.3. The highest BCUT2D eigenvalue weighted by atomic mass is 19.4. The number of fused-ring (bicyclic) bond motifs is 1. The number of alkyl halides is 5. The maximum Gasteiger partial charge on any atom is 0.433 e. The van der Waals surface area contributed by atoms with Crippen LogP contribution in [0.2, 0.25) is 0 Å². The number of nitrogens with zero attached hydrogens (tertiary/aromatic N) is 3. The van der Waals surface area contributed by atoms with Crippen LogP contribution in [0, 0.1) is 19.8 Å². The van der Waals surface area contributed by atoms with Crippen molar-refractivity contribution in [2.45, 2.75) is 51.8 Å². The summed E-state index contributed by atoms with van der Waals surface area (Å²) in [5.74, 6) is -2.98. The lowest BCUT2D eigenvalue weighted by Crippen LogP contribution is -2.37. The van der Waals surface area contributed by atoms with Crippen molar-refractivity contribution in [2.75, 3.05) is 5.32 Å². The Balaban J connectivity index is 1.51. The van der Waals surface area contributed by atoms with Crippen molar-refractivity contribution in [3.8, 4) is 0 Å². The molecule has 5 nitrogen and oxygen atoms in total. The number of halogens is 5. The van der Waals surface area contributed by atoms with E-state index >= 15 is 0 Å². The van der Waals surface area contributed by atoms with Crippen LogP contribution in [0.4, 0.5) is 27.8 Å². The fourth-order valence-corrected chi connectivity index (χ4v) is 3.98. The van der Waals surface area contributed by atoms with Crippen LogP contribution in [0.1, 0.15) is 41.8 Å². The van der Waals surface area contributed by atoms with E-state index in [0.29, 0.717) is 29.0 Å². The first-order valence-electron chi connectivity index (χ1n) is 10.1. The average Bonchev–Trinajstić information content (AvgIpc) is 2.95. The predicted octanol–water partition coefficient (Wildman–Crippen LogP) is 5.49. The summed E-state index contributed by atoms with van der Waals surface area (Å²) in [5.41, 5.74) is 2.56. The van der Waals surface area contributed by atoms with Crippen LogP contribution in [0.25, 0.3) is 11.0 Å². The lowest BCUT2D eigenvalue weighted by atomic mass is 9.79. The summed E-state index contributed by atoms with van der Waals surface area (Å²) in [6, 6.07) is 5.99. The van der Waals surface area contributed by atoms with Crippen molar-refractivity contribution in [1.82, 2.24) is 14.5 Å². The molecular formula is C22H21F5N4O. The molecule has 0 radical (unpaired) electrons. The summed E-state index contributed by atoms with van der Waals surface area (Å²) in [6.07, 6.45) is -3.81. The van der Waals surface area contributed by atoms with Gasteiger partial charge in [-0.2, -0.15) is 13.2 Å². The first kappa shape index (κ1) is 22.2. The Labute approximate surface area is 180 Å². The van der Waals surface area contributed by atoms with E-state index in [1.165, 1.54) is 12.3 Å². The minimum absolute atomic E-state index is 0.0235. The molecule has 1 aliphatic carbocycles. The van der Waals surface area contributed by atoms with Gasteiger partial charge in [-0.3, -0.25) is 9.78 Å². The van der Waals surface area contributed by atoms with E-state index in [4.69, 9.17) is 0 Å². The molecule has 3 heterocycles. The number of hydrogen-bond acceptors (Lipinski definition) is 3. The Kier molecular flexibility index (Phi) is 5.42. The molecule has 170 valence electrons. The van der Waals surface area contributed by atoms with E-state index < -0.39 is 17.8 Å². The van der Waals surface area contributed by atoms with E-state index in [1.54, 1.807) is 6.92 Å². The summed E-state index contributed by atoms with van der Waals surface area (Å²) < 4.78 is 66.0. The smallest absolute Gasteiger partial charge is 0.339 e. The molecule has 1 N–H and O–H groups in total. The highest BCUT2D eigenvalue weighted by molar-refractivity contribution is 5.92. The molecule has 0 unspecified atom stereocenters. The molecule has 0 spiro atoms. The second-order valence-corrected chi connectivity index (χ2v) is 8.36. The minimum Gasteiger partial charge on any atom is -0.339 e. The van der Waals surface area contributed by atoms with Gasteiger partial charge in [0, 0.05) is 37.7 Å². The second kappa shape index (κ2) is 7.83. The lowest BCUT2D eigenvalue weighted by Gasteiger charge is -2.34. The zero-order valence-electron chi connectivity index (χ0n) is 17.4. The second-order valence-electron chi connectivity index (χ2n) is 8.36. The van der Waals surface area contributed by atoms with Gasteiger partial charge in [0.15, 0.2) is 0 Å². The third-order valence-corrected chi connectivity index (χ3v) is 5.65. The third kappa shape index (κ3) is 4.58. The van der Waals surface area contributed by atoms with Crippen LogP contribution in [-0.4, -0.2) is 26.4 Å². The monoisotopic (exact) mass is 452 g/mol. The number of hydrogen-bond donors (Lipinski definition) is 1. The summed E-state index contributed by atoms with van der Waals surface area (Å²) >= 11 is 0. The van der Waals surface area contributed by atoms with Gasteiger partial charge in [0.1, 0.15) is 11.5 Å². The maximum atomic E-state index is 13.0. The van der Waals surface area contributed by atoms with Gasteiger partial charge >= 0.3 is 6.18 Å². The summed E-state index contributed by atoms with van der Waals surface area (Å²) in [4.78, 5) is 20.2. The molecule has 10 heteroatoms. The van der Waals surface area contributed by atoms with E-state index in [0.717, 1.165) is 17.3 Å². The number of aryl methyl sites for hydroxylation is 2. The Morgan fingerprint density at radius 3 is 2.53 bits per heavy atom. The fourth-order valence-electron chi connectivity index (χ4n) is 3.98. The normalized spacial score (nSPS) is 16.2. The van der Waals surface area contributed by atoms with Crippen LogP contribution >= 0.6 is 0 Å². The molecular weight excluding hydrogens is 431 g/mol. The first-order chi connectivity index (χ1) is 14.9. The van der Waals surface area contributed by atoms with Gasteiger partial charge in [-0.25, -0.2) is 13.8 Å². The quantitative estimate of drug-likeness (QED) is 0.521. The third-order valence-electron chi connectivity index (χ3n) is 5.65. The molecule has 32 heavy (non-hydrogen) atoms. The highest BCUT2D eigenvalue weighted by Gasteiger charge is 2.45. The van der Waals surface area contributed by atoms with Crippen LogP contribution in [-0.2, 0) is 17.5 Å². The molecule has 0 aliphatic heterocycles. The average molecular weight is 452 g/mol. The van der Waals surface area contributed by atoms with Gasteiger partial charge in [0.25, 0.3) is 0 Å². The number of aromatic nitrogens is 3. The number of amides is 1. The molecule has 0 saturated heterocycles. The number of carbonyl (C=O) groups is 1. The topological polar surface area (TPSA) is 59.8 Å². The molecule has 1 saturated carbocycles. The molecule has 1 fully saturated rings. The molecule has 1 amide bonds. The molecule has 1 aliphatic rings. The van der Waals surface area contributed by atoms with Gasteiger partial charge in [0.05, 0.1) is 11.0 Å². The van der Waals surface area contributed by atoms with Gasteiger partial charge in [-0.05, 0) is 49.1 Å². The van der Waals surface area contributed by atoms with Crippen LogP contribution in [0.3, 0.4) is 0 Å². The predicted molar refractivity (Wildman–Crippen MR) is 108 cm³/mol. The van der Waals surface area contributed by atoms with Crippen LogP contribution in [0.5, 0.6) is 0 Å². The standard InChI is InChI=1S/C22H21F5N4O/c1-12-5-17-16(29-20(12)30-19(32)7-15-8-21(23,24)9-15)6-13(2)31(17)11-14-3-4-18(28-10-14)22(25,26)27/h3-6,10,15H,7-9,11H2,1-2H3,(H,29,30,32). The SMILES string of the molecule is Cc1cc2c(cc(C)n2Cc2ccc(C(F)(F)F)nc2)nc1NC(=O)CC1CC(F)(F)C1. The van der Waals surface area contributed by atoms with E-state index in [1.807, 2.05) is 23.6 Å². The van der Waals surface area contributed by atoms with Gasteiger partial charge in [0.2, 0.25) is 11.8 Å². The van der Waals surface area contributed by atoms with Gasteiger partial charge < -0.3 is 9.88 Å². The van der Waals surface area contributed by atoms with Crippen LogP contribution in [0.15, 0.2) is 30.5 Å². The van der Waals surface area contributed by atoms with Gasteiger partial charge in [-0.15, -0.1) is 0 Å². The molecule has 3 aromatic heterocycles. The molecule has 0 atom stereocenters. The van der Waals surface area contributed by atoms with E-state index in [2.05, 4.69) is 15.3 Å². The van der Waals surface area contributed by atoms with Crippen molar-refractivity contribution in [3.63, 3.8) is 0 Å². The largest absolute Gasteiger partial charge is 0.433 e. The van der Waals surface area contributed by atoms with Crippen molar-refractivity contribution in [2.24, 2.45) is 5.92 Å². The van der Waals surface area contributed by atoms with E-state index in [-0.39, 0.29) is 31.1 Å². The van der Waals surface area contributed by atoms with Crippen molar-refractivity contribution >= 4 is 22.8 Å². The van der Waals surface area contributed by atoms with Crippen molar-refractivity contribution in [3.05, 3.63) is 53.0 Å². The molecule has 4 rings (SSSR count). The minimum atomic E-state index is -4.49. The van der Waals surface area contributed by atoms with Gasteiger partial charge in [-0.1, -0.05) is 6.07 Å². The fraction of sp³-hybridized carbons (Fsp3) is 0.409. The summed E-state index contributed by atoms with van der Waals surface area (Å²) in [7, 11) is 0. The number of anilines is 1. The Bertz CT molecular complexity index is 1160. The van der Waals surface area contributed by atoms with Crippen molar-refractivity contribution < 1.29 is 26.7 Å². The maximum absolute atomic E-state index is 13.0. The first-order valence-corrected chi connectivity index (χ1v) is 10.1. The van der Waals surface area contributed by atoms with Crippen LogP contribution < -0.4 is 5.32 Å². The summed E-state index contributed by atoms with van der Waals surface area (Å²) in [5, 5.41) is 2.71. The number of nitrogens with one attached hydrogen (secondary N) is 1. The lowest BCUT2D eigenvalue weighted by molar-refractivity contribution is -0.141. The Morgan fingerprint density at radius 2 is 1.94 bits per heavy atom. The number of carbonyl (C=O) groups excluding carboxylic acids is 1. The highest BCUT2D eigenvalue weighted by Crippen LogP contribution is 2.44. The molecule has 3 aromatic rings. The number of rotatable bonds is 5. The summed E-state index contributed by atoms with van der Waals surface area (Å²) in [6.45, 7) is 3.93. The number of pyridine rings is 2. The molecule has 0 aromatic carbocycles. The zero-order valence-corrected chi connectivity index (χ0v) is 17.4. The molecule has 0 bridgehead atoms. The van der Waals surface area contributed by atoms with Crippen molar-refractivity contribution in [1.29, 1.82) is 0 Å². The Morgan fingerprint density at radius 1 is 1.22 bits per heavy atom. The van der Waals surface area contributed by atoms with E-state index in [9.17, 15) is 26.7 Å². The Hall–Kier alpha value is -3.04.